The van der Waals surface area contributed by atoms with Gasteiger partial charge in [0.25, 0.3) is 16.1 Å². The molecule has 0 unspecified atom stereocenters. The number of ether oxygens (including phenoxy) is 1. The maximum atomic E-state index is 14.4. The van der Waals surface area contributed by atoms with Crippen LogP contribution in [0, 0.1) is 17.2 Å². The summed E-state index contributed by atoms with van der Waals surface area (Å²) in [5, 5.41) is 0. The van der Waals surface area contributed by atoms with Crippen LogP contribution in [0.1, 0.15) is 63.7 Å². The predicted molar refractivity (Wildman–Crippen MR) is 197 cm³/mol. The standard InChI is InChI=1S/C37H53FN8O5S/c1-6-34(47)42-13-7-14-44(19-18-42)52(49,50)45-16-11-37(12-17-45)24-41(25-37)22-29-10-15-43(23-29)35-33(21-39-26-40-35)51-32-9-8-30(38)20-31(32)36(48)46(27(2)3)28(4)5/h6,8-9,20-21,26-29H,1,7,10-19,22-25H2,2-5H3/t29-/m0/s1. The highest BCUT2D eigenvalue weighted by molar-refractivity contribution is 7.86. The van der Waals surface area contributed by atoms with Gasteiger partial charge in [-0.25, -0.2) is 14.4 Å². The number of aromatic nitrogens is 2. The zero-order chi connectivity index (χ0) is 37.2. The average Bonchev–Trinajstić information content (AvgIpc) is 3.41. The highest BCUT2D eigenvalue weighted by Crippen LogP contribution is 2.42. The molecule has 0 N–H and O–H groups in total. The van der Waals surface area contributed by atoms with Crippen LogP contribution in [-0.4, -0.2) is 138 Å². The first-order valence-electron chi connectivity index (χ1n) is 18.5. The molecule has 4 saturated heterocycles. The molecule has 1 atom stereocenters. The molecule has 4 fully saturated rings. The van der Waals surface area contributed by atoms with Crippen molar-refractivity contribution in [2.75, 3.05) is 76.9 Å². The van der Waals surface area contributed by atoms with Crippen LogP contribution in [0.3, 0.4) is 0 Å². The van der Waals surface area contributed by atoms with Gasteiger partial charge in [0, 0.05) is 84.1 Å². The molecule has 0 aliphatic carbocycles. The summed E-state index contributed by atoms with van der Waals surface area (Å²) >= 11 is 0. The molecule has 6 rings (SSSR count). The van der Waals surface area contributed by atoms with Crippen LogP contribution in [0.15, 0.2) is 43.4 Å². The first-order valence-corrected chi connectivity index (χ1v) is 19.9. The van der Waals surface area contributed by atoms with Crippen molar-refractivity contribution in [1.82, 2.24) is 33.3 Å². The van der Waals surface area contributed by atoms with Crippen LogP contribution in [0.2, 0.25) is 0 Å². The van der Waals surface area contributed by atoms with Gasteiger partial charge in [-0.1, -0.05) is 6.58 Å². The third-order valence-electron chi connectivity index (χ3n) is 11.0. The van der Waals surface area contributed by atoms with E-state index in [0.29, 0.717) is 63.2 Å². The van der Waals surface area contributed by atoms with Crippen molar-refractivity contribution in [3.63, 3.8) is 0 Å². The number of piperidine rings is 1. The normalized spacial score (nSPS) is 21.7. The first-order chi connectivity index (χ1) is 24.8. The topological polar surface area (TPSA) is 123 Å². The third-order valence-corrected chi connectivity index (χ3v) is 13.0. The van der Waals surface area contributed by atoms with Gasteiger partial charge in [0.15, 0.2) is 11.6 Å². The summed E-state index contributed by atoms with van der Waals surface area (Å²) in [6.07, 6.45) is 7.65. The number of hydrogen-bond donors (Lipinski definition) is 0. The number of carbonyl (C=O) groups excluding carboxylic acids is 2. The maximum Gasteiger partial charge on any atom is 0.282 e. The Kier molecular flexibility index (Phi) is 11.5. The lowest BCUT2D eigenvalue weighted by Crippen LogP contribution is -2.62. The zero-order valence-electron chi connectivity index (χ0n) is 30.9. The van der Waals surface area contributed by atoms with Gasteiger partial charge in [-0.05, 0) is 89.0 Å². The molecular formula is C37H53FN8O5S. The number of carbonyl (C=O) groups is 2. The van der Waals surface area contributed by atoms with Crippen LogP contribution >= 0.6 is 0 Å². The highest BCUT2D eigenvalue weighted by atomic mass is 32.2. The monoisotopic (exact) mass is 740 g/mol. The van der Waals surface area contributed by atoms with E-state index in [9.17, 15) is 22.4 Å². The summed E-state index contributed by atoms with van der Waals surface area (Å²) in [5.41, 5.74) is 0.302. The Labute approximate surface area is 307 Å². The molecule has 0 radical (unpaired) electrons. The van der Waals surface area contributed by atoms with Gasteiger partial charge in [0.05, 0.1) is 11.8 Å². The number of likely N-dealkylation sites (tertiary alicyclic amines) is 1. The maximum absolute atomic E-state index is 14.4. The van der Waals surface area contributed by atoms with E-state index in [1.165, 1.54) is 30.6 Å². The van der Waals surface area contributed by atoms with Crippen molar-refractivity contribution < 1.29 is 27.1 Å². The molecule has 1 aromatic heterocycles. The Bertz CT molecular complexity index is 1720. The Morgan fingerprint density at radius 1 is 1.02 bits per heavy atom. The molecule has 4 aliphatic heterocycles. The summed E-state index contributed by atoms with van der Waals surface area (Å²) in [7, 11) is -3.58. The van der Waals surface area contributed by atoms with Crippen molar-refractivity contribution in [1.29, 1.82) is 0 Å². The van der Waals surface area contributed by atoms with Crippen molar-refractivity contribution >= 4 is 27.8 Å². The summed E-state index contributed by atoms with van der Waals surface area (Å²) < 4.78 is 50.9. The van der Waals surface area contributed by atoms with E-state index in [-0.39, 0.29) is 40.6 Å². The fourth-order valence-corrected chi connectivity index (χ4v) is 10.1. The zero-order valence-corrected chi connectivity index (χ0v) is 31.7. The van der Waals surface area contributed by atoms with Crippen LogP contribution in [-0.2, 0) is 15.0 Å². The fourth-order valence-electron chi connectivity index (χ4n) is 8.42. The molecule has 4 aliphatic rings. The van der Waals surface area contributed by atoms with Gasteiger partial charge >= 0.3 is 0 Å². The van der Waals surface area contributed by atoms with Crippen molar-refractivity contribution in [2.45, 2.75) is 65.5 Å². The van der Waals surface area contributed by atoms with Gasteiger partial charge < -0.3 is 24.3 Å². The Hall–Kier alpha value is -3.66. The lowest BCUT2D eigenvalue weighted by Gasteiger charge is -2.54. The molecule has 13 nitrogen and oxygen atoms in total. The summed E-state index contributed by atoms with van der Waals surface area (Å²) in [5.74, 6) is 0.766. The van der Waals surface area contributed by atoms with Crippen molar-refractivity contribution in [3.05, 3.63) is 54.8 Å². The molecule has 1 spiro atoms. The van der Waals surface area contributed by atoms with E-state index >= 15 is 0 Å². The number of anilines is 1. The van der Waals surface area contributed by atoms with E-state index in [0.717, 1.165) is 52.0 Å². The minimum atomic E-state index is -3.58. The average molecular weight is 741 g/mol. The number of hydrogen-bond acceptors (Lipinski definition) is 9. The summed E-state index contributed by atoms with van der Waals surface area (Å²) in [6, 6.07) is 3.85. The van der Waals surface area contributed by atoms with Gasteiger partial charge in [-0.15, -0.1) is 0 Å². The van der Waals surface area contributed by atoms with Gasteiger partial charge in [0.1, 0.15) is 17.9 Å². The van der Waals surface area contributed by atoms with E-state index in [1.54, 1.807) is 24.6 Å². The molecular weight excluding hydrogens is 688 g/mol. The molecule has 15 heteroatoms. The van der Waals surface area contributed by atoms with E-state index < -0.39 is 16.0 Å². The number of halogens is 1. The van der Waals surface area contributed by atoms with Crippen LogP contribution in [0.5, 0.6) is 11.5 Å². The van der Waals surface area contributed by atoms with E-state index in [4.69, 9.17) is 4.74 Å². The van der Waals surface area contributed by atoms with Crippen molar-refractivity contribution in [2.24, 2.45) is 11.3 Å². The molecule has 52 heavy (non-hydrogen) atoms. The van der Waals surface area contributed by atoms with Crippen LogP contribution < -0.4 is 9.64 Å². The van der Waals surface area contributed by atoms with Crippen LogP contribution in [0.25, 0.3) is 0 Å². The smallest absolute Gasteiger partial charge is 0.282 e. The van der Waals surface area contributed by atoms with E-state index in [1.807, 2.05) is 27.7 Å². The quantitative estimate of drug-likeness (QED) is 0.316. The molecule has 2 amide bonds. The molecule has 0 saturated carbocycles. The second kappa shape index (κ2) is 15.7. The number of nitrogens with zero attached hydrogens (tertiary/aromatic N) is 8. The second-order valence-corrected chi connectivity index (χ2v) is 17.2. The minimum Gasteiger partial charge on any atom is -0.451 e. The Morgan fingerprint density at radius 3 is 2.42 bits per heavy atom. The number of rotatable bonds is 11. The molecule has 2 aromatic rings. The van der Waals surface area contributed by atoms with Gasteiger partial charge in [0.2, 0.25) is 5.91 Å². The lowest BCUT2D eigenvalue weighted by atomic mass is 9.72. The third kappa shape index (κ3) is 8.12. The Morgan fingerprint density at radius 2 is 1.73 bits per heavy atom. The largest absolute Gasteiger partial charge is 0.451 e. The number of benzene rings is 1. The SMILES string of the molecule is C=CC(=O)N1CCCN(S(=O)(=O)N2CCC3(CC2)CN(C[C@@H]2CCN(c4ncncc4Oc4ccc(F)cc4C(=O)N(C(C)C)C(C)C)C2)C3)CC1. The first kappa shape index (κ1) is 38.1. The number of amides is 2. The second-order valence-electron chi connectivity index (χ2n) is 15.3. The highest BCUT2D eigenvalue weighted by Gasteiger charge is 2.48. The summed E-state index contributed by atoms with van der Waals surface area (Å²) in [4.78, 5) is 42.5. The molecule has 5 heterocycles. The Balaban J connectivity index is 1.02. The predicted octanol–water partition coefficient (Wildman–Crippen LogP) is 3.86. The van der Waals surface area contributed by atoms with Gasteiger partial charge in [-0.3, -0.25) is 9.59 Å². The fraction of sp³-hybridized carbons (Fsp3) is 0.622. The molecule has 0 bridgehead atoms. The lowest BCUT2D eigenvalue weighted by molar-refractivity contribution is -0.125. The minimum absolute atomic E-state index is 0.0788. The molecule has 284 valence electrons. The molecule has 1 aromatic carbocycles. The van der Waals surface area contributed by atoms with Crippen molar-refractivity contribution in [3.8, 4) is 11.5 Å². The van der Waals surface area contributed by atoms with Crippen LogP contribution in [0.4, 0.5) is 10.2 Å². The summed E-state index contributed by atoms with van der Waals surface area (Å²) in [6.45, 7) is 18.4. The van der Waals surface area contributed by atoms with E-state index in [2.05, 4.69) is 26.3 Å². The van der Waals surface area contributed by atoms with Gasteiger partial charge in [-0.2, -0.15) is 17.0 Å².